The van der Waals surface area contributed by atoms with Crippen LogP contribution in [0.2, 0.25) is 0 Å². The Bertz CT molecular complexity index is 331. The number of nitrogens with one attached hydrogen (secondary N) is 1. The van der Waals surface area contributed by atoms with Crippen molar-refractivity contribution in [1.29, 1.82) is 0 Å². The molecule has 0 aliphatic carbocycles. The third kappa shape index (κ3) is 5.11. The molecule has 1 heterocycles. The van der Waals surface area contributed by atoms with Gasteiger partial charge in [0.05, 0.1) is 0 Å². The minimum atomic E-state index is -4.65. The fourth-order valence-electron chi connectivity index (χ4n) is 1.60. The van der Waals surface area contributed by atoms with E-state index >= 15 is 0 Å². The molecule has 1 aliphatic heterocycles. The molecule has 1 amide bonds. The van der Waals surface area contributed by atoms with Crippen LogP contribution in [0.15, 0.2) is 0 Å². The first kappa shape index (κ1) is 16.3. The Morgan fingerprint density at radius 1 is 1.56 bits per heavy atom. The summed E-state index contributed by atoms with van der Waals surface area (Å²) in [5.74, 6) is -0.410. The molecular weight excluding hydrogens is 245 g/mol. The van der Waals surface area contributed by atoms with Crippen molar-refractivity contribution in [3.8, 4) is 0 Å². The van der Waals surface area contributed by atoms with Crippen molar-refractivity contribution in [2.45, 2.75) is 31.1 Å². The van der Waals surface area contributed by atoms with Gasteiger partial charge in [0.25, 0.3) is 0 Å². The molecule has 0 aromatic heterocycles. The molecule has 0 spiro atoms. The predicted molar refractivity (Wildman–Crippen MR) is 50.7 cm³/mol. The summed E-state index contributed by atoms with van der Waals surface area (Å²) in [7, 11) is -4.65. The van der Waals surface area contributed by atoms with Gasteiger partial charge in [-0.15, -0.1) is 0 Å². The van der Waals surface area contributed by atoms with Crippen LogP contribution in [0.25, 0.3) is 0 Å². The topological polar surface area (TPSA) is 107 Å². The summed E-state index contributed by atoms with van der Waals surface area (Å²) in [5, 5.41) is 11.6. The molecule has 1 fully saturated rings. The second kappa shape index (κ2) is 6.93. The zero-order valence-corrected chi connectivity index (χ0v) is 12.0. The van der Waals surface area contributed by atoms with Gasteiger partial charge in [-0.25, -0.2) is 8.42 Å². The molecule has 88 valence electrons. The molecule has 0 saturated carbocycles. The Labute approximate surface area is 117 Å². The first-order valence-corrected chi connectivity index (χ1v) is 6.29. The normalized spacial score (nSPS) is 23.1. The molecule has 1 unspecified atom stereocenters. The number of hydrogen-bond donors (Lipinski definition) is 2. The van der Waals surface area contributed by atoms with Crippen LogP contribution in [0.3, 0.4) is 0 Å². The van der Waals surface area contributed by atoms with Gasteiger partial charge in [-0.2, -0.15) is 0 Å². The number of amides is 1. The van der Waals surface area contributed by atoms with E-state index in [1.807, 2.05) is 0 Å². The van der Waals surface area contributed by atoms with E-state index in [0.29, 0.717) is 13.0 Å². The summed E-state index contributed by atoms with van der Waals surface area (Å²) in [6, 6.07) is 0. The summed E-state index contributed by atoms with van der Waals surface area (Å²) in [4.78, 5) is 11.2. The first-order valence-electron chi connectivity index (χ1n) is 4.81. The number of aliphatic hydroxyl groups excluding tert-OH is 1. The van der Waals surface area contributed by atoms with Crippen LogP contribution >= 0.6 is 0 Å². The molecule has 0 bridgehead atoms. The minimum Gasteiger partial charge on any atom is -0.746 e. The molecule has 0 aromatic carbocycles. The van der Waals surface area contributed by atoms with Crippen molar-refractivity contribution in [2.75, 3.05) is 6.54 Å². The van der Waals surface area contributed by atoms with Crippen LogP contribution in [0.4, 0.5) is 0 Å². The number of hydrogen-bond acceptors (Lipinski definition) is 5. The number of carbonyl (C=O) groups excluding carboxylic acids is 1. The van der Waals surface area contributed by atoms with E-state index in [2.05, 4.69) is 5.32 Å². The number of piperidine rings is 1. The molecule has 16 heavy (non-hydrogen) atoms. The molecular formula is C8H14NNaO5S. The van der Waals surface area contributed by atoms with Crippen LogP contribution in [0, 0.1) is 5.92 Å². The van der Waals surface area contributed by atoms with Gasteiger partial charge < -0.3 is 15.0 Å². The van der Waals surface area contributed by atoms with Crippen molar-refractivity contribution < 1.29 is 52.4 Å². The Kier molecular flexibility index (Phi) is 7.07. The Hall–Kier alpha value is 0.340. The van der Waals surface area contributed by atoms with Crippen LogP contribution in [0.5, 0.6) is 0 Å². The molecule has 1 aliphatic rings. The van der Waals surface area contributed by atoms with E-state index in [4.69, 9.17) is 5.11 Å². The fourth-order valence-corrected chi connectivity index (χ4v) is 2.02. The van der Waals surface area contributed by atoms with Gasteiger partial charge in [-0.05, 0) is 25.7 Å². The van der Waals surface area contributed by atoms with E-state index in [9.17, 15) is 17.8 Å². The van der Waals surface area contributed by atoms with Gasteiger partial charge in [-0.3, -0.25) is 4.79 Å². The summed E-state index contributed by atoms with van der Waals surface area (Å²) in [6.45, 7) is 0.637. The van der Waals surface area contributed by atoms with E-state index < -0.39 is 15.6 Å². The van der Waals surface area contributed by atoms with Crippen molar-refractivity contribution in [2.24, 2.45) is 5.92 Å². The van der Waals surface area contributed by atoms with E-state index in [0.717, 1.165) is 6.42 Å². The van der Waals surface area contributed by atoms with Gasteiger partial charge >= 0.3 is 29.6 Å². The predicted octanol–water partition coefficient (Wildman–Crippen LogP) is -3.84. The van der Waals surface area contributed by atoms with Crippen LogP contribution < -0.4 is 34.9 Å². The Balaban J connectivity index is 0.00000225. The molecule has 2 atom stereocenters. The summed E-state index contributed by atoms with van der Waals surface area (Å²) >= 11 is 0. The molecule has 2 N–H and O–H groups in total. The number of aliphatic hydroxyl groups is 1. The largest absolute Gasteiger partial charge is 1.00 e. The molecule has 0 radical (unpaired) electrons. The van der Waals surface area contributed by atoms with Gasteiger partial charge in [0.2, 0.25) is 5.91 Å². The van der Waals surface area contributed by atoms with Crippen LogP contribution in [0.1, 0.15) is 25.7 Å². The molecule has 0 aromatic rings. The van der Waals surface area contributed by atoms with Crippen LogP contribution in [-0.2, 0) is 14.9 Å². The number of carbonyl (C=O) groups is 1. The summed E-state index contributed by atoms with van der Waals surface area (Å²) in [5.41, 5.74) is -1.90. The SMILES string of the molecule is O=C1NCCC[C@H]1CCC(O)S(=O)(=O)[O-].[Na+]. The summed E-state index contributed by atoms with van der Waals surface area (Å²) in [6.07, 6.45) is 1.58. The minimum absolute atomic E-state index is 0. The Morgan fingerprint density at radius 3 is 2.69 bits per heavy atom. The van der Waals surface area contributed by atoms with Gasteiger partial charge in [0.15, 0.2) is 0 Å². The smallest absolute Gasteiger partial charge is 0.746 e. The van der Waals surface area contributed by atoms with Gasteiger partial charge in [-0.1, -0.05) is 0 Å². The third-order valence-corrected chi connectivity index (χ3v) is 3.40. The van der Waals surface area contributed by atoms with Gasteiger partial charge in [0.1, 0.15) is 15.6 Å². The molecule has 6 nitrogen and oxygen atoms in total. The third-order valence-electron chi connectivity index (χ3n) is 2.49. The maximum atomic E-state index is 11.2. The molecule has 8 heteroatoms. The summed E-state index contributed by atoms with van der Waals surface area (Å²) < 4.78 is 31.1. The maximum absolute atomic E-state index is 11.2. The van der Waals surface area contributed by atoms with E-state index in [-0.39, 0.29) is 54.2 Å². The second-order valence-electron chi connectivity index (χ2n) is 3.65. The van der Waals surface area contributed by atoms with Crippen LogP contribution in [-0.4, -0.2) is 36.0 Å². The van der Waals surface area contributed by atoms with E-state index in [1.54, 1.807) is 0 Å². The second-order valence-corrected chi connectivity index (χ2v) is 5.18. The van der Waals surface area contributed by atoms with Crippen molar-refractivity contribution in [1.82, 2.24) is 5.32 Å². The van der Waals surface area contributed by atoms with Crippen molar-refractivity contribution >= 4 is 16.0 Å². The number of rotatable bonds is 4. The Morgan fingerprint density at radius 2 is 2.19 bits per heavy atom. The quantitative estimate of drug-likeness (QED) is 0.397. The monoisotopic (exact) mass is 259 g/mol. The van der Waals surface area contributed by atoms with Crippen molar-refractivity contribution in [3.63, 3.8) is 0 Å². The van der Waals surface area contributed by atoms with Gasteiger partial charge in [0, 0.05) is 12.5 Å². The molecule has 1 rings (SSSR count). The zero-order valence-electron chi connectivity index (χ0n) is 9.18. The standard InChI is InChI=1S/C8H15NO5S.Na/c10-7(15(12,13)14)4-3-6-2-1-5-9-8(6)11;/h6-7,10H,1-5H2,(H,9,11)(H,12,13,14);/q;+1/p-1/t6-,7?;/m0./s1. The van der Waals surface area contributed by atoms with Crippen molar-refractivity contribution in [3.05, 3.63) is 0 Å². The zero-order chi connectivity index (χ0) is 11.5. The average Bonchev–Trinajstić information content (AvgIpc) is 2.14. The first-order chi connectivity index (χ1) is 6.91. The maximum Gasteiger partial charge on any atom is 1.00 e. The fraction of sp³-hybridized carbons (Fsp3) is 0.875. The van der Waals surface area contributed by atoms with E-state index in [1.165, 1.54) is 0 Å². The average molecular weight is 259 g/mol. The molecule has 1 saturated heterocycles.